The van der Waals surface area contributed by atoms with Crippen LogP contribution in [0.5, 0.6) is 5.75 Å². The van der Waals surface area contributed by atoms with Crippen LogP contribution in [0.1, 0.15) is 63.9 Å². The van der Waals surface area contributed by atoms with E-state index in [1.165, 1.54) is 37.7 Å². The third-order valence-electron chi connectivity index (χ3n) is 8.98. The molecule has 0 radical (unpaired) electrons. The molecule has 3 heteroatoms. The minimum absolute atomic E-state index is 0.0878. The first kappa shape index (κ1) is 17.3. The van der Waals surface area contributed by atoms with E-state index in [2.05, 4.69) is 37.4 Å². The first-order valence-electron chi connectivity index (χ1n) is 10.7. The van der Waals surface area contributed by atoms with Gasteiger partial charge >= 0.3 is 0 Å². The number of phenols is 1. The van der Waals surface area contributed by atoms with Gasteiger partial charge in [-0.1, -0.05) is 32.1 Å². The van der Waals surface area contributed by atoms with Crippen LogP contribution in [0, 0.1) is 28.6 Å². The maximum absolute atomic E-state index is 11.9. The first-order valence-corrected chi connectivity index (χ1v) is 10.7. The Labute approximate surface area is 162 Å². The molecule has 3 aliphatic carbocycles. The molecule has 2 N–H and O–H groups in total. The molecular weight excluding hydrogens is 334 g/mol. The molecular formula is C24H31NO2. The summed E-state index contributed by atoms with van der Waals surface area (Å²) in [7, 11) is 0. The fourth-order valence-electron chi connectivity index (χ4n) is 7.59. The van der Waals surface area contributed by atoms with Gasteiger partial charge in [0.2, 0.25) is 5.91 Å². The van der Waals surface area contributed by atoms with Gasteiger partial charge in [-0.25, -0.2) is 0 Å². The lowest BCUT2D eigenvalue weighted by molar-refractivity contribution is -0.122. The smallest absolute Gasteiger partial charge is 0.243 e. The molecule has 144 valence electrons. The summed E-state index contributed by atoms with van der Waals surface area (Å²) >= 11 is 0. The molecule has 1 heterocycles. The molecule has 5 rings (SSSR count). The van der Waals surface area contributed by atoms with Crippen molar-refractivity contribution in [3.63, 3.8) is 0 Å². The average Bonchev–Trinajstić information content (AvgIpc) is 3.00. The number of fused-ring (bicyclic) bond motifs is 5. The van der Waals surface area contributed by atoms with Gasteiger partial charge in [-0.2, -0.15) is 0 Å². The molecule has 4 aliphatic rings. The number of hydrogen-bond donors (Lipinski definition) is 2. The Hall–Kier alpha value is -1.77. The maximum Gasteiger partial charge on any atom is 0.243 e. The quantitative estimate of drug-likeness (QED) is 0.753. The van der Waals surface area contributed by atoms with Crippen molar-refractivity contribution in [2.24, 2.45) is 28.6 Å². The zero-order valence-electron chi connectivity index (χ0n) is 16.4. The van der Waals surface area contributed by atoms with Crippen LogP contribution < -0.4 is 5.32 Å². The molecule has 0 spiro atoms. The largest absolute Gasteiger partial charge is 0.508 e. The van der Waals surface area contributed by atoms with E-state index >= 15 is 0 Å². The highest BCUT2D eigenvalue weighted by Crippen LogP contribution is 2.67. The van der Waals surface area contributed by atoms with Gasteiger partial charge in [0, 0.05) is 11.5 Å². The molecule has 0 aromatic heterocycles. The third kappa shape index (κ3) is 2.43. The summed E-state index contributed by atoms with van der Waals surface area (Å²) in [6.07, 6.45) is 11.5. The third-order valence-corrected chi connectivity index (χ3v) is 8.98. The fraction of sp³-hybridized carbons (Fsp3) is 0.625. The summed E-state index contributed by atoms with van der Waals surface area (Å²) < 4.78 is 0. The topological polar surface area (TPSA) is 49.3 Å². The van der Waals surface area contributed by atoms with Gasteiger partial charge in [-0.15, -0.1) is 0 Å². The van der Waals surface area contributed by atoms with Gasteiger partial charge in [0.1, 0.15) is 5.75 Å². The molecule has 1 aliphatic heterocycles. The van der Waals surface area contributed by atoms with Gasteiger partial charge in [0.25, 0.3) is 0 Å². The second kappa shape index (κ2) is 5.86. The van der Waals surface area contributed by atoms with Crippen molar-refractivity contribution >= 4 is 5.91 Å². The Morgan fingerprint density at radius 3 is 2.56 bits per heavy atom. The molecule has 3 saturated carbocycles. The van der Waals surface area contributed by atoms with Crippen molar-refractivity contribution < 1.29 is 9.90 Å². The molecule has 3 nitrogen and oxygen atoms in total. The Bertz CT molecular complexity index is 784. The van der Waals surface area contributed by atoms with Crippen molar-refractivity contribution in [2.45, 2.75) is 64.3 Å². The number of phenolic OH excluding ortho intramolecular Hbond substituents is 1. The number of nitrogens with one attached hydrogen (secondary N) is 1. The van der Waals surface area contributed by atoms with Crippen LogP contribution in [-0.4, -0.2) is 17.1 Å². The second-order valence-corrected chi connectivity index (χ2v) is 9.98. The Kier molecular flexibility index (Phi) is 3.76. The lowest BCUT2D eigenvalue weighted by atomic mass is 9.47. The Morgan fingerprint density at radius 2 is 1.78 bits per heavy atom. The minimum atomic E-state index is 0.0878. The maximum atomic E-state index is 11.9. The summed E-state index contributed by atoms with van der Waals surface area (Å²) in [6.45, 7) is 4.92. The van der Waals surface area contributed by atoms with Crippen molar-refractivity contribution in [1.29, 1.82) is 0 Å². The highest BCUT2D eigenvalue weighted by molar-refractivity contribution is 5.89. The number of rotatable bonds is 1. The highest BCUT2D eigenvalue weighted by Gasteiger charge is 2.59. The minimum Gasteiger partial charge on any atom is -0.508 e. The molecule has 27 heavy (non-hydrogen) atoms. The van der Waals surface area contributed by atoms with Gasteiger partial charge in [-0.05, 0) is 91.4 Å². The van der Waals surface area contributed by atoms with E-state index in [-0.39, 0.29) is 11.3 Å². The first-order chi connectivity index (χ1) is 12.9. The predicted molar refractivity (Wildman–Crippen MR) is 106 cm³/mol. The number of benzene rings is 1. The second-order valence-electron chi connectivity index (χ2n) is 9.98. The Morgan fingerprint density at radius 1 is 1.00 bits per heavy atom. The van der Waals surface area contributed by atoms with Crippen LogP contribution in [0.3, 0.4) is 0 Å². The van der Waals surface area contributed by atoms with Crippen molar-refractivity contribution in [3.05, 3.63) is 42.0 Å². The summed E-state index contributed by atoms with van der Waals surface area (Å²) in [5, 5.41) is 12.9. The molecule has 3 fully saturated rings. The molecule has 0 saturated heterocycles. The summed E-state index contributed by atoms with van der Waals surface area (Å²) in [4.78, 5) is 11.9. The van der Waals surface area contributed by atoms with Crippen LogP contribution in [0.2, 0.25) is 0 Å². The SMILES string of the molecule is C[C@]12C=CC(=O)N[C@@H]1CC[C@@H]1[C@@H]2CC[C@]2(C)[C@@H](c3ccc(O)cc3)CC[C@@H]12. The number of hydrogen-bond acceptors (Lipinski definition) is 2. The molecule has 1 aromatic rings. The van der Waals surface area contributed by atoms with E-state index in [1.54, 1.807) is 6.08 Å². The van der Waals surface area contributed by atoms with Crippen LogP contribution in [0.15, 0.2) is 36.4 Å². The van der Waals surface area contributed by atoms with E-state index in [0.29, 0.717) is 29.0 Å². The van der Waals surface area contributed by atoms with Crippen LogP contribution in [0.25, 0.3) is 0 Å². The van der Waals surface area contributed by atoms with Crippen molar-refractivity contribution in [1.82, 2.24) is 5.32 Å². The number of aromatic hydroxyl groups is 1. The van der Waals surface area contributed by atoms with Crippen LogP contribution in [-0.2, 0) is 4.79 Å². The summed E-state index contributed by atoms with van der Waals surface area (Å²) in [5.74, 6) is 3.29. The van der Waals surface area contributed by atoms with Crippen molar-refractivity contribution in [3.8, 4) is 5.75 Å². The van der Waals surface area contributed by atoms with Crippen molar-refractivity contribution in [2.75, 3.05) is 0 Å². The lowest BCUT2D eigenvalue weighted by Gasteiger charge is -2.59. The number of amides is 1. The number of carbonyl (C=O) groups excluding carboxylic acids is 1. The van der Waals surface area contributed by atoms with E-state index in [4.69, 9.17) is 0 Å². The van der Waals surface area contributed by atoms with E-state index < -0.39 is 0 Å². The van der Waals surface area contributed by atoms with E-state index in [9.17, 15) is 9.90 Å². The predicted octanol–water partition coefficient (Wildman–Crippen LogP) is 4.77. The molecule has 0 bridgehead atoms. The molecule has 1 amide bonds. The normalized spacial score (nSPS) is 45.6. The molecule has 7 atom stereocenters. The molecule has 0 unspecified atom stereocenters. The average molecular weight is 366 g/mol. The summed E-state index contributed by atoms with van der Waals surface area (Å²) in [6, 6.07) is 8.28. The zero-order chi connectivity index (χ0) is 18.8. The standard InChI is InChI=1S/C24H31NO2/c1-23-13-11-20-17(7-10-21-24(20,2)14-12-22(27)25-21)19(23)9-8-18(23)15-3-5-16(26)6-4-15/h3-6,12,14,17-21,26H,7-11,13H2,1-2H3,(H,25,27)/t17-,18+,19-,20-,21+,23+,24+/m0/s1. The number of carbonyl (C=O) groups is 1. The van der Waals surface area contributed by atoms with Gasteiger partial charge in [-0.3, -0.25) is 4.79 Å². The van der Waals surface area contributed by atoms with Gasteiger partial charge in [0.05, 0.1) is 0 Å². The van der Waals surface area contributed by atoms with Crippen LogP contribution >= 0.6 is 0 Å². The zero-order valence-corrected chi connectivity index (χ0v) is 16.4. The summed E-state index contributed by atoms with van der Waals surface area (Å²) in [5.41, 5.74) is 1.89. The monoisotopic (exact) mass is 365 g/mol. The fourth-order valence-corrected chi connectivity index (χ4v) is 7.59. The highest BCUT2D eigenvalue weighted by atomic mass is 16.3. The van der Waals surface area contributed by atoms with Gasteiger partial charge < -0.3 is 10.4 Å². The van der Waals surface area contributed by atoms with Crippen LogP contribution in [0.4, 0.5) is 0 Å². The van der Waals surface area contributed by atoms with Gasteiger partial charge in [0.15, 0.2) is 0 Å². The Balaban J connectivity index is 1.46. The molecule has 1 aromatic carbocycles. The van der Waals surface area contributed by atoms with E-state index in [1.807, 2.05) is 12.1 Å². The van der Waals surface area contributed by atoms with E-state index in [0.717, 1.165) is 18.3 Å². The lowest BCUT2D eigenvalue weighted by Crippen LogP contribution is -2.59.